The lowest BCUT2D eigenvalue weighted by Crippen LogP contribution is -2.40. The standard InChI is InChI=1S/C29H30N2O6S/c1-6-15-37-22-14-13-19(16-23(22)34-5)17-24-27(32)31-26(20-11-9-10-12-21(20)35-7-2)25(28(33)36-8-3)18(4)30-29(31)38-24/h6,9-14,16-17,26H,1,7-8,15H2,2-5H3/b24-17-/t26-/m0/s1. The van der Waals surface area contributed by atoms with Crippen LogP contribution in [0.5, 0.6) is 17.2 Å². The molecule has 198 valence electrons. The van der Waals surface area contributed by atoms with Gasteiger partial charge >= 0.3 is 5.97 Å². The topological polar surface area (TPSA) is 88.4 Å². The number of allylic oxidation sites excluding steroid dienone is 1. The van der Waals surface area contributed by atoms with Crippen molar-refractivity contribution in [1.82, 2.24) is 4.57 Å². The molecule has 4 rings (SSSR count). The summed E-state index contributed by atoms with van der Waals surface area (Å²) in [6.07, 6.45) is 3.43. The van der Waals surface area contributed by atoms with Crippen molar-refractivity contribution in [3.8, 4) is 17.2 Å². The fraction of sp³-hybridized carbons (Fsp3) is 0.276. The summed E-state index contributed by atoms with van der Waals surface area (Å²) in [5, 5.41) is 0. The molecule has 38 heavy (non-hydrogen) atoms. The third kappa shape index (κ3) is 5.28. The van der Waals surface area contributed by atoms with Gasteiger partial charge in [0, 0.05) is 5.56 Å². The summed E-state index contributed by atoms with van der Waals surface area (Å²) in [6.45, 7) is 10.0. The number of esters is 1. The van der Waals surface area contributed by atoms with Crippen LogP contribution in [0.25, 0.3) is 6.08 Å². The van der Waals surface area contributed by atoms with Crippen molar-refractivity contribution in [2.45, 2.75) is 26.8 Å². The summed E-state index contributed by atoms with van der Waals surface area (Å²) in [5.74, 6) is 1.19. The Morgan fingerprint density at radius 1 is 1.11 bits per heavy atom. The first-order chi connectivity index (χ1) is 18.4. The molecule has 0 spiro atoms. The number of carbonyl (C=O) groups is 1. The number of benzene rings is 2. The molecule has 0 bridgehead atoms. The van der Waals surface area contributed by atoms with Gasteiger partial charge in [-0.15, -0.1) is 0 Å². The van der Waals surface area contributed by atoms with Crippen LogP contribution in [0.1, 0.15) is 37.9 Å². The van der Waals surface area contributed by atoms with Crippen LogP contribution in [0, 0.1) is 0 Å². The second-order valence-corrected chi connectivity index (χ2v) is 9.29. The average molecular weight is 535 g/mol. The predicted octanol–water partition coefficient (Wildman–Crippen LogP) is 3.77. The van der Waals surface area contributed by atoms with Gasteiger partial charge in [-0.05, 0) is 50.6 Å². The van der Waals surface area contributed by atoms with E-state index in [4.69, 9.17) is 18.9 Å². The Morgan fingerprint density at radius 3 is 2.61 bits per heavy atom. The Labute approximate surface area is 224 Å². The van der Waals surface area contributed by atoms with Gasteiger partial charge in [-0.2, -0.15) is 0 Å². The number of fused-ring (bicyclic) bond motifs is 1. The summed E-state index contributed by atoms with van der Waals surface area (Å²) in [5.41, 5.74) is 1.97. The van der Waals surface area contributed by atoms with Gasteiger partial charge < -0.3 is 18.9 Å². The summed E-state index contributed by atoms with van der Waals surface area (Å²) in [4.78, 5) is 32.1. The first-order valence-electron chi connectivity index (χ1n) is 12.3. The van der Waals surface area contributed by atoms with E-state index in [2.05, 4.69) is 11.6 Å². The number of hydrogen-bond acceptors (Lipinski definition) is 8. The average Bonchev–Trinajstić information content (AvgIpc) is 3.21. The van der Waals surface area contributed by atoms with Crippen LogP contribution >= 0.6 is 11.3 Å². The highest BCUT2D eigenvalue weighted by Crippen LogP contribution is 2.36. The van der Waals surface area contributed by atoms with Crippen LogP contribution < -0.4 is 29.1 Å². The fourth-order valence-corrected chi connectivity index (χ4v) is 5.32. The SMILES string of the molecule is C=CCOc1ccc(/C=c2\sc3n(c2=O)[C@@H](c2ccccc2OCC)C(C(=O)OCC)=C(C)N=3)cc1OC. The molecule has 1 aliphatic heterocycles. The van der Waals surface area contributed by atoms with Crippen LogP contribution in [-0.4, -0.2) is 37.5 Å². The fourth-order valence-electron chi connectivity index (χ4n) is 4.27. The molecule has 0 fully saturated rings. The third-order valence-corrected chi connectivity index (χ3v) is 6.86. The van der Waals surface area contributed by atoms with E-state index in [1.54, 1.807) is 49.8 Å². The summed E-state index contributed by atoms with van der Waals surface area (Å²) in [6, 6.07) is 12.1. The van der Waals surface area contributed by atoms with E-state index in [1.807, 2.05) is 37.3 Å². The van der Waals surface area contributed by atoms with E-state index in [0.717, 1.165) is 5.56 Å². The molecule has 0 radical (unpaired) electrons. The largest absolute Gasteiger partial charge is 0.494 e. The Kier molecular flexibility index (Phi) is 8.48. The monoisotopic (exact) mass is 534 g/mol. The number of ether oxygens (including phenoxy) is 4. The highest BCUT2D eigenvalue weighted by atomic mass is 32.1. The number of thiazole rings is 1. The number of methoxy groups -OCH3 is 1. The molecular weight excluding hydrogens is 504 g/mol. The lowest BCUT2D eigenvalue weighted by Gasteiger charge is -2.26. The summed E-state index contributed by atoms with van der Waals surface area (Å²) in [7, 11) is 1.56. The van der Waals surface area contributed by atoms with Crippen LogP contribution in [-0.2, 0) is 9.53 Å². The van der Waals surface area contributed by atoms with Gasteiger partial charge in [0.25, 0.3) is 5.56 Å². The first-order valence-corrected chi connectivity index (χ1v) is 13.1. The molecule has 0 N–H and O–H groups in total. The second kappa shape index (κ2) is 12.0. The van der Waals surface area contributed by atoms with Gasteiger partial charge in [0.1, 0.15) is 18.4 Å². The molecule has 0 unspecified atom stereocenters. The van der Waals surface area contributed by atoms with Crippen LogP contribution in [0.15, 0.2) is 76.2 Å². The van der Waals surface area contributed by atoms with Crippen molar-refractivity contribution in [3.63, 3.8) is 0 Å². The lowest BCUT2D eigenvalue weighted by atomic mass is 9.95. The van der Waals surface area contributed by atoms with Crippen LogP contribution in [0.2, 0.25) is 0 Å². The minimum Gasteiger partial charge on any atom is -0.494 e. The zero-order valence-electron chi connectivity index (χ0n) is 21.9. The Hall–Kier alpha value is -4.11. The molecule has 1 aromatic heterocycles. The number of nitrogens with zero attached hydrogens (tertiary/aromatic N) is 2. The van der Waals surface area contributed by atoms with Gasteiger partial charge in [0.2, 0.25) is 0 Å². The lowest BCUT2D eigenvalue weighted by molar-refractivity contribution is -0.139. The van der Waals surface area contributed by atoms with Crippen molar-refractivity contribution < 1.29 is 23.7 Å². The summed E-state index contributed by atoms with van der Waals surface area (Å²) >= 11 is 1.25. The molecule has 8 nitrogen and oxygen atoms in total. The zero-order valence-corrected chi connectivity index (χ0v) is 22.7. The van der Waals surface area contributed by atoms with Crippen molar-refractivity contribution in [1.29, 1.82) is 0 Å². The quantitative estimate of drug-likeness (QED) is 0.291. The van der Waals surface area contributed by atoms with Crippen molar-refractivity contribution in [3.05, 3.63) is 97.2 Å². The van der Waals surface area contributed by atoms with Crippen molar-refractivity contribution in [2.24, 2.45) is 4.99 Å². The number of carbonyl (C=O) groups excluding carboxylic acids is 1. The van der Waals surface area contributed by atoms with E-state index in [0.29, 0.717) is 56.6 Å². The molecule has 0 saturated carbocycles. The number of hydrogen-bond donors (Lipinski definition) is 0. The van der Waals surface area contributed by atoms with Gasteiger partial charge in [-0.3, -0.25) is 9.36 Å². The molecule has 2 heterocycles. The molecule has 1 aliphatic rings. The molecule has 0 amide bonds. The Bertz CT molecular complexity index is 1570. The minimum atomic E-state index is -0.751. The maximum atomic E-state index is 13.9. The maximum absolute atomic E-state index is 13.9. The van der Waals surface area contributed by atoms with Crippen molar-refractivity contribution in [2.75, 3.05) is 26.9 Å². The Morgan fingerprint density at radius 2 is 1.89 bits per heavy atom. The third-order valence-electron chi connectivity index (χ3n) is 5.87. The van der Waals surface area contributed by atoms with E-state index in [9.17, 15) is 9.59 Å². The summed E-state index contributed by atoms with van der Waals surface area (Å²) < 4.78 is 24.4. The van der Waals surface area contributed by atoms with E-state index in [1.165, 1.54) is 11.3 Å². The highest BCUT2D eigenvalue weighted by molar-refractivity contribution is 7.07. The Balaban J connectivity index is 1.91. The van der Waals surface area contributed by atoms with E-state index < -0.39 is 12.0 Å². The maximum Gasteiger partial charge on any atom is 0.338 e. The molecular formula is C29H30N2O6S. The number of aromatic nitrogens is 1. The molecule has 0 saturated heterocycles. The highest BCUT2D eigenvalue weighted by Gasteiger charge is 2.35. The van der Waals surface area contributed by atoms with Gasteiger partial charge in [-0.1, -0.05) is 48.3 Å². The zero-order chi connectivity index (χ0) is 27.2. The molecule has 9 heteroatoms. The van der Waals surface area contributed by atoms with Crippen LogP contribution in [0.3, 0.4) is 0 Å². The molecule has 0 aliphatic carbocycles. The predicted molar refractivity (Wildman–Crippen MR) is 147 cm³/mol. The molecule has 3 aromatic rings. The first kappa shape index (κ1) is 26.9. The smallest absolute Gasteiger partial charge is 0.338 e. The number of rotatable bonds is 10. The van der Waals surface area contributed by atoms with Gasteiger partial charge in [0.15, 0.2) is 16.3 Å². The van der Waals surface area contributed by atoms with Gasteiger partial charge in [-0.25, -0.2) is 9.79 Å². The molecule has 2 aromatic carbocycles. The van der Waals surface area contributed by atoms with Gasteiger partial charge in [0.05, 0.1) is 36.1 Å². The second-order valence-electron chi connectivity index (χ2n) is 8.28. The van der Waals surface area contributed by atoms with Crippen molar-refractivity contribution >= 4 is 23.4 Å². The molecule has 1 atom stereocenters. The van der Waals surface area contributed by atoms with Crippen LogP contribution in [0.4, 0.5) is 0 Å². The van der Waals surface area contributed by atoms with E-state index in [-0.39, 0.29) is 12.2 Å². The minimum absolute atomic E-state index is 0.203. The normalized spacial score (nSPS) is 14.9. The number of para-hydroxylation sites is 1. The van der Waals surface area contributed by atoms with E-state index >= 15 is 0 Å².